The third-order valence-corrected chi connectivity index (χ3v) is 5.60. The van der Waals surface area contributed by atoms with E-state index in [2.05, 4.69) is 10.3 Å². The van der Waals surface area contributed by atoms with E-state index < -0.39 is 11.6 Å². The van der Waals surface area contributed by atoms with Crippen molar-refractivity contribution >= 4 is 23.4 Å². The van der Waals surface area contributed by atoms with Crippen LogP contribution in [0.2, 0.25) is 0 Å². The lowest BCUT2D eigenvalue weighted by Gasteiger charge is -2.15. The van der Waals surface area contributed by atoms with Crippen molar-refractivity contribution < 1.29 is 18.5 Å². The predicted octanol–water partition coefficient (Wildman–Crippen LogP) is 0.885. The van der Waals surface area contributed by atoms with Gasteiger partial charge in [-0.05, 0) is 31.4 Å². The van der Waals surface area contributed by atoms with E-state index in [4.69, 9.17) is 0 Å². The number of fused-ring (bicyclic) bond motifs is 1. The van der Waals surface area contributed by atoms with Gasteiger partial charge >= 0.3 is 5.69 Å². The molecule has 1 aromatic carbocycles. The van der Waals surface area contributed by atoms with Gasteiger partial charge in [0, 0.05) is 23.0 Å². The van der Waals surface area contributed by atoms with Crippen LogP contribution in [0.25, 0.3) is 0 Å². The van der Waals surface area contributed by atoms with E-state index in [0.29, 0.717) is 11.6 Å². The predicted molar refractivity (Wildman–Crippen MR) is 104 cm³/mol. The number of rotatable bonds is 7. The molecule has 28 heavy (non-hydrogen) atoms. The molecular weight excluding hydrogens is 386 g/mol. The topological polar surface area (TPSA) is 68.4 Å². The number of anilines is 1. The van der Waals surface area contributed by atoms with Gasteiger partial charge in [-0.15, -0.1) is 0 Å². The number of amides is 1. The minimum Gasteiger partial charge on any atom is -0.338 e. The maximum absolute atomic E-state index is 13.2. The Morgan fingerprint density at radius 3 is 2.79 bits per heavy atom. The van der Waals surface area contributed by atoms with Crippen LogP contribution in [0.3, 0.4) is 0 Å². The number of thioether (sulfide) groups is 1. The van der Waals surface area contributed by atoms with Gasteiger partial charge < -0.3 is 10.2 Å². The van der Waals surface area contributed by atoms with Gasteiger partial charge in [0.25, 0.3) is 0 Å². The molecule has 2 N–H and O–H groups in total. The first-order chi connectivity index (χ1) is 13.3. The molecule has 0 spiro atoms. The van der Waals surface area contributed by atoms with E-state index in [1.807, 2.05) is 14.1 Å². The fourth-order valence-corrected chi connectivity index (χ4v) is 4.05. The number of hydrogen-bond donors (Lipinski definition) is 2. The minimum absolute atomic E-state index is 0.0315. The summed E-state index contributed by atoms with van der Waals surface area (Å²) in [4.78, 5) is 30.1. The summed E-state index contributed by atoms with van der Waals surface area (Å²) < 4.78 is 28.0. The van der Waals surface area contributed by atoms with Gasteiger partial charge in [0.05, 0.1) is 32.9 Å². The lowest BCUT2D eigenvalue weighted by molar-refractivity contribution is -0.859. The van der Waals surface area contributed by atoms with E-state index in [0.717, 1.165) is 49.2 Å². The van der Waals surface area contributed by atoms with Gasteiger partial charge in [0.15, 0.2) is 11.6 Å². The summed E-state index contributed by atoms with van der Waals surface area (Å²) in [6.07, 6.45) is 2.64. The molecule has 0 atom stereocenters. The molecule has 1 heterocycles. The summed E-state index contributed by atoms with van der Waals surface area (Å²) in [5, 5.41) is 3.12. The molecular formula is C19H23F2N4O2S+. The first-order valence-electron chi connectivity index (χ1n) is 9.14. The van der Waals surface area contributed by atoms with Crippen LogP contribution in [0, 0.1) is 11.6 Å². The Morgan fingerprint density at radius 2 is 2.07 bits per heavy atom. The zero-order valence-corrected chi connectivity index (χ0v) is 16.7. The van der Waals surface area contributed by atoms with Gasteiger partial charge in [0.2, 0.25) is 5.91 Å². The highest BCUT2D eigenvalue weighted by molar-refractivity contribution is 8.00. The summed E-state index contributed by atoms with van der Waals surface area (Å²) >= 11 is 1.20. The monoisotopic (exact) mass is 409 g/mol. The minimum atomic E-state index is -1.02. The van der Waals surface area contributed by atoms with Gasteiger partial charge in [-0.25, -0.2) is 13.6 Å². The molecule has 1 aromatic heterocycles. The van der Waals surface area contributed by atoms with Crippen LogP contribution in [0.4, 0.5) is 14.5 Å². The summed E-state index contributed by atoms with van der Waals surface area (Å²) in [5.41, 5.74) is 1.96. The Labute approximate surface area is 166 Å². The van der Waals surface area contributed by atoms with E-state index in [1.54, 1.807) is 4.57 Å². The average molecular weight is 409 g/mol. The van der Waals surface area contributed by atoms with Crippen LogP contribution < -0.4 is 15.9 Å². The molecule has 9 heteroatoms. The van der Waals surface area contributed by atoms with Crippen LogP contribution in [0.5, 0.6) is 0 Å². The van der Waals surface area contributed by atoms with Crippen molar-refractivity contribution in [3.05, 3.63) is 51.6 Å². The standard InChI is InChI=1S/C19H22F2N4O2S/c1-24(2)8-9-25-16-5-3-4-13(16)18(23-19(25)27)28-11-17(26)22-12-6-7-14(20)15(21)10-12/h6-7,10H,3-5,8-9,11H2,1-2H3,(H,22,26)/p+1. The molecule has 1 aliphatic carbocycles. The van der Waals surface area contributed by atoms with Gasteiger partial charge in [-0.3, -0.25) is 9.36 Å². The van der Waals surface area contributed by atoms with Crippen molar-refractivity contribution in [3.63, 3.8) is 0 Å². The number of halogens is 2. The van der Waals surface area contributed by atoms with Crippen molar-refractivity contribution in [3.8, 4) is 0 Å². The number of carbonyl (C=O) groups excluding carboxylic acids is 1. The highest BCUT2D eigenvalue weighted by Gasteiger charge is 2.22. The number of aromatic nitrogens is 2. The van der Waals surface area contributed by atoms with Gasteiger partial charge in [-0.2, -0.15) is 4.98 Å². The third kappa shape index (κ3) is 4.77. The summed E-state index contributed by atoms with van der Waals surface area (Å²) in [6.45, 7) is 1.45. The molecule has 150 valence electrons. The Bertz CT molecular complexity index is 946. The Hall–Kier alpha value is -2.26. The summed E-state index contributed by atoms with van der Waals surface area (Å²) in [6, 6.07) is 3.19. The summed E-state index contributed by atoms with van der Waals surface area (Å²) in [5.74, 6) is -2.33. The van der Waals surface area contributed by atoms with Crippen molar-refractivity contribution in [2.24, 2.45) is 0 Å². The van der Waals surface area contributed by atoms with Crippen molar-refractivity contribution in [1.82, 2.24) is 9.55 Å². The second-order valence-corrected chi connectivity index (χ2v) is 8.02. The zero-order valence-electron chi connectivity index (χ0n) is 15.8. The molecule has 0 radical (unpaired) electrons. The first kappa shape index (κ1) is 20.5. The summed E-state index contributed by atoms with van der Waals surface area (Å²) in [7, 11) is 4.07. The van der Waals surface area contributed by atoms with E-state index >= 15 is 0 Å². The lowest BCUT2D eigenvalue weighted by Crippen LogP contribution is -3.06. The molecule has 1 amide bonds. The van der Waals surface area contributed by atoms with Crippen LogP contribution in [-0.2, 0) is 24.2 Å². The molecule has 0 unspecified atom stereocenters. The average Bonchev–Trinajstić information content (AvgIpc) is 3.11. The van der Waals surface area contributed by atoms with Gasteiger partial charge in [-0.1, -0.05) is 11.8 Å². The third-order valence-electron chi connectivity index (χ3n) is 4.58. The molecule has 6 nitrogen and oxygen atoms in total. The molecule has 0 saturated carbocycles. The molecule has 1 aliphatic rings. The Morgan fingerprint density at radius 1 is 1.29 bits per heavy atom. The number of nitrogens with zero attached hydrogens (tertiary/aromatic N) is 2. The maximum Gasteiger partial charge on any atom is 0.349 e. The number of carbonyl (C=O) groups is 1. The smallest absolute Gasteiger partial charge is 0.338 e. The van der Waals surface area contributed by atoms with Gasteiger partial charge in [0.1, 0.15) is 5.03 Å². The largest absolute Gasteiger partial charge is 0.349 e. The SMILES string of the molecule is C[NH+](C)CCn1c2c(c(SCC(=O)Nc3ccc(F)c(F)c3)nc1=O)CCC2. The van der Waals surface area contributed by atoms with Crippen LogP contribution in [-0.4, -0.2) is 41.9 Å². The quantitative estimate of drug-likeness (QED) is 0.526. The Kier molecular flexibility index (Phi) is 6.46. The number of hydrogen-bond acceptors (Lipinski definition) is 4. The molecule has 0 bridgehead atoms. The lowest BCUT2D eigenvalue weighted by atomic mass is 10.2. The highest BCUT2D eigenvalue weighted by Crippen LogP contribution is 2.29. The van der Waals surface area contributed by atoms with Crippen molar-refractivity contribution in [1.29, 1.82) is 0 Å². The maximum atomic E-state index is 13.2. The molecule has 0 fully saturated rings. The fraction of sp³-hybridized carbons (Fsp3) is 0.421. The second kappa shape index (κ2) is 8.83. The van der Waals surface area contributed by atoms with Crippen molar-refractivity contribution in [2.45, 2.75) is 30.8 Å². The second-order valence-electron chi connectivity index (χ2n) is 7.05. The van der Waals surface area contributed by atoms with E-state index in [1.165, 1.54) is 22.7 Å². The molecule has 2 aromatic rings. The Balaban J connectivity index is 1.70. The number of quaternary nitrogens is 1. The van der Waals surface area contributed by atoms with E-state index in [9.17, 15) is 18.4 Å². The highest BCUT2D eigenvalue weighted by atomic mass is 32.2. The van der Waals surface area contributed by atoms with Crippen LogP contribution in [0.1, 0.15) is 17.7 Å². The first-order valence-corrected chi connectivity index (χ1v) is 10.1. The number of nitrogens with one attached hydrogen (secondary N) is 2. The van der Waals surface area contributed by atoms with Crippen LogP contribution >= 0.6 is 11.8 Å². The van der Waals surface area contributed by atoms with Crippen molar-refractivity contribution in [2.75, 3.05) is 31.7 Å². The van der Waals surface area contributed by atoms with E-state index in [-0.39, 0.29) is 23.0 Å². The van der Waals surface area contributed by atoms with Crippen LogP contribution in [0.15, 0.2) is 28.0 Å². The normalized spacial score (nSPS) is 13.0. The number of likely N-dealkylation sites (N-methyl/N-ethyl adjacent to an activating group) is 1. The molecule has 0 aliphatic heterocycles. The zero-order chi connectivity index (χ0) is 20.3. The fourth-order valence-electron chi connectivity index (χ4n) is 3.18. The molecule has 0 saturated heterocycles. The molecule has 3 rings (SSSR count). The number of benzene rings is 1.